The number of ether oxygens (including phenoxy) is 1. The summed E-state index contributed by atoms with van der Waals surface area (Å²) in [7, 11) is 0. The van der Waals surface area contributed by atoms with Gasteiger partial charge >= 0.3 is 0 Å². The van der Waals surface area contributed by atoms with Gasteiger partial charge in [0.15, 0.2) is 0 Å². The first-order valence-electron chi connectivity index (χ1n) is 10.7. The lowest BCUT2D eigenvalue weighted by Gasteiger charge is -2.20. The van der Waals surface area contributed by atoms with Gasteiger partial charge in [0.1, 0.15) is 12.3 Å². The molecule has 0 amide bonds. The number of rotatable bonds is 6. The molecule has 32 heavy (non-hydrogen) atoms. The maximum absolute atomic E-state index is 15.1. The maximum atomic E-state index is 15.1. The quantitative estimate of drug-likeness (QED) is 0.479. The normalized spacial score (nSPS) is 18.0. The van der Waals surface area contributed by atoms with Crippen LogP contribution in [0.3, 0.4) is 0 Å². The Bertz CT molecular complexity index is 1270. The van der Waals surface area contributed by atoms with Crippen molar-refractivity contribution in [2.75, 3.05) is 13.1 Å². The second-order valence-corrected chi connectivity index (χ2v) is 8.23. The van der Waals surface area contributed by atoms with Gasteiger partial charge in [-0.2, -0.15) is 5.26 Å². The summed E-state index contributed by atoms with van der Waals surface area (Å²) < 4.78 is 23.2. The molecule has 2 aromatic heterocycles. The van der Waals surface area contributed by atoms with E-state index < -0.39 is 5.67 Å². The minimum atomic E-state index is -1.26. The van der Waals surface area contributed by atoms with Crippen LogP contribution in [0.15, 0.2) is 72.9 Å². The van der Waals surface area contributed by atoms with Crippen LogP contribution < -0.4 is 10.1 Å². The summed E-state index contributed by atoms with van der Waals surface area (Å²) in [5.74, 6) is 0.515. The number of nitrogens with one attached hydrogen (secondary N) is 1. The van der Waals surface area contributed by atoms with E-state index in [-0.39, 0.29) is 6.54 Å². The van der Waals surface area contributed by atoms with Crippen molar-refractivity contribution in [3.05, 3.63) is 84.1 Å². The minimum absolute atomic E-state index is 0.280. The van der Waals surface area contributed by atoms with Crippen LogP contribution in [0.25, 0.3) is 22.2 Å². The smallest absolute Gasteiger partial charge is 0.222 e. The summed E-state index contributed by atoms with van der Waals surface area (Å²) >= 11 is 0. The molecule has 1 N–H and O–H groups in total. The highest BCUT2D eigenvalue weighted by Gasteiger charge is 2.34. The molecule has 160 valence electrons. The number of pyridine rings is 1. The van der Waals surface area contributed by atoms with Crippen molar-refractivity contribution in [1.82, 2.24) is 14.9 Å². The van der Waals surface area contributed by atoms with Gasteiger partial charge in [0.2, 0.25) is 5.88 Å². The number of hydrogen-bond acceptors (Lipinski definition) is 4. The van der Waals surface area contributed by atoms with E-state index >= 15 is 4.39 Å². The van der Waals surface area contributed by atoms with Crippen LogP contribution in [0.5, 0.6) is 5.88 Å². The van der Waals surface area contributed by atoms with Crippen molar-refractivity contribution in [3.63, 3.8) is 0 Å². The first-order chi connectivity index (χ1) is 15.6. The summed E-state index contributed by atoms with van der Waals surface area (Å²) in [6.45, 7) is 1.73. The molecule has 3 heterocycles. The molecule has 5 rings (SSSR count). The monoisotopic (exact) mass is 426 g/mol. The van der Waals surface area contributed by atoms with E-state index in [1.54, 1.807) is 12.1 Å². The highest BCUT2D eigenvalue weighted by Crippen LogP contribution is 2.34. The number of halogens is 1. The molecule has 0 spiro atoms. The van der Waals surface area contributed by atoms with Gasteiger partial charge < -0.3 is 14.6 Å². The Labute approximate surface area is 186 Å². The Morgan fingerprint density at radius 1 is 1.12 bits per heavy atom. The molecule has 1 aliphatic heterocycles. The highest BCUT2D eigenvalue weighted by molar-refractivity contribution is 5.84. The molecule has 0 radical (unpaired) electrons. The van der Waals surface area contributed by atoms with E-state index in [1.807, 2.05) is 65.4 Å². The Kier molecular flexibility index (Phi) is 5.34. The van der Waals surface area contributed by atoms with Crippen molar-refractivity contribution in [1.29, 1.82) is 5.26 Å². The zero-order chi connectivity index (χ0) is 22.0. The van der Waals surface area contributed by atoms with Crippen LogP contribution in [0.2, 0.25) is 0 Å². The van der Waals surface area contributed by atoms with Crippen LogP contribution >= 0.6 is 0 Å². The topological polar surface area (TPSA) is 62.9 Å². The second kappa shape index (κ2) is 8.45. The third-order valence-electron chi connectivity index (χ3n) is 5.91. The van der Waals surface area contributed by atoms with Crippen LogP contribution in [-0.4, -0.2) is 28.3 Å². The average molecular weight is 426 g/mol. The lowest BCUT2D eigenvalue weighted by molar-refractivity contribution is 0.164. The number of alkyl halides is 1. The molecule has 4 aromatic rings. The summed E-state index contributed by atoms with van der Waals surface area (Å²) in [4.78, 5) is 4.78. The van der Waals surface area contributed by atoms with Gasteiger partial charge in [-0.1, -0.05) is 42.5 Å². The third kappa shape index (κ3) is 4.08. The predicted octanol–water partition coefficient (Wildman–Crippen LogP) is 4.86. The molecule has 0 bridgehead atoms. The fourth-order valence-electron chi connectivity index (χ4n) is 4.15. The van der Waals surface area contributed by atoms with Gasteiger partial charge in [0.25, 0.3) is 0 Å². The van der Waals surface area contributed by atoms with Gasteiger partial charge in [-0.25, -0.2) is 9.37 Å². The summed E-state index contributed by atoms with van der Waals surface area (Å²) in [5, 5.41) is 12.3. The van der Waals surface area contributed by atoms with E-state index in [0.29, 0.717) is 37.6 Å². The van der Waals surface area contributed by atoms with Crippen LogP contribution in [-0.2, 0) is 13.2 Å². The molecule has 1 aliphatic rings. The molecule has 1 saturated heterocycles. The fourth-order valence-corrected chi connectivity index (χ4v) is 4.15. The molecule has 1 fully saturated rings. The Hall–Kier alpha value is -3.69. The molecule has 2 aromatic carbocycles. The van der Waals surface area contributed by atoms with E-state index in [2.05, 4.69) is 11.4 Å². The Morgan fingerprint density at radius 2 is 1.94 bits per heavy atom. The second-order valence-electron chi connectivity index (χ2n) is 8.23. The molecule has 0 saturated carbocycles. The van der Waals surface area contributed by atoms with Gasteiger partial charge in [-0.15, -0.1) is 0 Å². The Morgan fingerprint density at radius 3 is 2.66 bits per heavy atom. The van der Waals surface area contributed by atoms with Crippen molar-refractivity contribution < 1.29 is 9.13 Å². The zero-order valence-corrected chi connectivity index (χ0v) is 17.6. The largest absolute Gasteiger partial charge is 0.472 e. The highest BCUT2D eigenvalue weighted by atomic mass is 19.1. The first kappa shape index (κ1) is 20.2. The maximum Gasteiger partial charge on any atom is 0.222 e. The predicted molar refractivity (Wildman–Crippen MR) is 122 cm³/mol. The van der Waals surface area contributed by atoms with Crippen molar-refractivity contribution in [2.24, 2.45) is 0 Å². The SMILES string of the molecule is N#Cc1ccc(-c2cc3c(ccn3CC3(F)CCNC3)nc2OCc2ccccc2)cc1. The third-order valence-corrected chi connectivity index (χ3v) is 5.91. The fraction of sp³-hybridized carbons (Fsp3) is 0.231. The number of nitrogens with zero attached hydrogens (tertiary/aromatic N) is 3. The van der Waals surface area contributed by atoms with E-state index in [9.17, 15) is 0 Å². The van der Waals surface area contributed by atoms with Crippen LogP contribution in [0.1, 0.15) is 17.5 Å². The summed E-state index contributed by atoms with van der Waals surface area (Å²) in [5.41, 5.74) is 3.71. The lowest BCUT2D eigenvalue weighted by Crippen LogP contribution is -2.31. The Balaban J connectivity index is 1.55. The van der Waals surface area contributed by atoms with Gasteiger partial charge in [-0.3, -0.25) is 0 Å². The first-order valence-corrected chi connectivity index (χ1v) is 10.7. The van der Waals surface area contributed by atoms with E-state index in [0.717, 1.165) is 27.7 Å². The van der Waals surface area contributed by atoms with E-state index in [1.165, 1.54) is 0 Å². The number of benzene rings is 2. The van der Waals surface area contributed by atoms with E-state index in [4.69, 9.17) is 15.0 Å². The molecule has 0 aliphatic carbocycles. The lowest BCUT2D eigenvalue weighted by atomic mass is 10.0. The molecular formula is C26H23FN4O. The van der Waals surface area contributed by atoms with Gasteiger partial charge in [-0.05, 0) is 48.4 Å². The molecule has 1 unspecified atom stereocenters. The summed E-state index contributed by atoms with van der Waals surface area (Å²) in [6, 6.07) is 23.3. The van der Waals surface area contributed by atoms with Crippen molar-refractivity contribution in [3.8, 4) is 23.1 Å². The zero-order valence-electron chi connectivity index (χ0n) is 17.6. The number of hydrogen-bond donors (Lipinski definition) is 1. The molecule has 6 heteroatoms. The van der Waals surface area contributed by atoms with Crippen LogP contribution in [0, 0.1) is 11.3 Å². The molecular weight excluding hydrogens is 403 g/mol. The minimum Gasteiger partial charge on any atom is -0.472 e. The van der Waals surface area contributed by atoms with Crippen LogP contribution in [0.4, 0.5) is 4.39 Å². The standard InChI is InChI=1S/C26H23FN4O/c27-26(11-12-29-17-26)18-31-13-10-23-24(31)14-22(21-8-6-19(15-28)7-9-21)25(30-23)32-16-20-4-2-1-3-5-20/h1-10,13-14,29H,11-12,16-18H2. The van der Waals surface area contributed by atoms with Crippen molar-refractivity contribution >= 4 is 11.0 Å². The average Bonchev–Trinajstić information content (AvgIpc) is 3.44. The number of fused-ring (bicyclic) bond motifs is 1. The molecule has 1 atom stereocenters. The summed E-state index contributed by atoms with van der Waals surface area (Å²) in [6.07, 6.45) is 2.39. The van der Waals surface area contributed by atoms with Gasteiger partial charge in [0, 0.05) is 18.3 Å². The van der Waals surface area contributed by atoms with Crippen molar-refractivity contribution in [2.45, 2.75) is 25.2 Å². The number of nitriles is 1. The molecule has 5 nitrogen and oxygen atoms in total. The number of aromatic nitrogens is 2. The van der Waals surface area contributed by atoms with Gasteiger partial charge in [0.05, 0.1) is 29.2 Å².